The number of thiophene rings is 2. The van der Waals surface area contributed by atoms with Crippen LogP contribution in [0.3, 0.4) is 0 Å². The van der Waals surface area contributed by atoms with Gasteiger partial charge in [-0.05, 0) is 118 Å². The summed E-state index contributed by atoms with van der Waals surface area (Å²) in [6.07, 6.45) is 9.14. The SMILES string of the molecule is CC(C)(C)c1ccc(N2c3cc(C(C)(C)C)sc3B3c4sc(C(C)(C)C)cc4N(c4ccc(C(C)(C)C)cc4)c4cc(N(C5=CCCC=C5)c5ccccc5)cc2c43)cc1. The minimum atomic E-state index is -0.00179. The molecule has 4 aromatic carbocycles. The van der Waals surface area contributed by atoms with Gasteiger partial charge in [0.05, 0.1) is 17.1 Å². The second-order valence-electron chi connectivity index (χ2n) is 21.1. The van der Waals surface area contributed by atoms with Crippen molar-refractivity contribution in [3.63, 3.8) is 0 Å². The molecule has 3 nitrogen and oxygen atoms in total. The molecule has 9 rings (SSSR count). The lowest BCUT2D eigenvalue weighted by molar-refractivity contribution is 0.590. The molecule has 2 aromatic heterocycles. The first-order valence-electron chi connectivity index (χ1n) is 21.8. The maximum atomic E-state index is 2.60. The highest BCUT2D eigenvalue weighted by Gasteiger charge is 2.47. The van der Waals surface area contributed by atoms with Crippen molar-refractivity contribution < 1.29 is 0 Å². The van der Waals surface area contributed by atoms with E-state index in [0.717, 1.165) is 24.2 Å². The highest BCUT2D eigenvalue weighted by Crippen LogP contribution is 2.51. The first kappa shape index (κ1) is 40.6. The zero-order chi connectivity index (χ0) is 42.5. The fraction of sp³-hybridized carbons (Fsp3) is 0.333. The van der Waals surface area contributed by atoms with Crippen molar-refractivity contribution in [2.45, 2.75) is 118 Å². The van der Waals surface area contributed by atoms with Crippen LogP contribution in [0, 0.1) is 0 Å². The van der Waals surface area contributed by atoms with E-state index < -0.39 is 0 Å². The summed E-state index contributed by atoms with van der Waals surface area (Å²) in [6.45, 7) is 28.1. The third kappa shape index (κ3) is 7.08. The van der Waals surface area contributed by atoms with Crippen molar-refractivity contribution in [3.8, 4) is 0 Å². The van der Waals surface area contributed by atoms with Crippen molar-refractivity contribution in [2.75, 3.05) is 14.7 Å². The summed E-state index contributed by atoms with van der Waals surface area (Å²) >= 11 is 4.03. The van der Waals surface area contributed by atoms with Gasteiger partial charge in [-0.2, -0.15) is 22.7 Å². The molecule has 0 bridgehead atoms. The summed E-state index contributed by atoms with van der Waals surface area (Å²) < 4.78 is 2.87. The molecule has 0 unspecified atom stereocenters. The Bertz CT molecular complexity index is 2490. The Morgan fingerprint density at radius 3 is 1.37 bits per heavy atom. The number of benzene rings is 4. The van der Waals surface area contributed by atoms with Crippen LogP contribution >= 0.6 is 22.7 Å². The normalized spacial score (nSPS) is 15.1. The topological polar surface area (TPSA) is 9.72 Å². The predicted octanol–water partition coefficient (Wildman–Crippen LogP) is 14.5. The average molecular weight is 826 g/mol. The number of fused-ring (bicyclic) bond motifs is 4. The maximum Gasteiger partial charge on any atom is 0.277 e. The number of hydrogen-bond acceptors (Lipinski definition) is 5. The maximum absolute atomic E-state index is 2.60. The molecule has 4 heterocycles. The van der Waals surface area contributed by atoms with E-state index in [1.807, 2.05) is 22.7 Å². The van der Waals surface area contributed by atoms with Crippen LogP contribution in [0.15, 0.2) is 127 Å². The quantitative estimate of drug-likeness (QED) is 0.160. The van der Waals surface area contributed by atoms with E-state index in [0.29, 0.717) is 0 Å². The number of rotatable bonds is 5. The second-order valence-corrected chi connectivity index (χ2v) is 23.3. The Kier molecular flexibility index (Phi) is 9.76. The summed E-state index contributed by atoms with van der Waals surface area (Å²) in [6, 6.07) is 39.8. The zero-order valence-corrected chi connectivity index (χ0v) is 39.3. The largest absolute Gasteiger partial charge is 0.311 e. The van der Waals surface area contributed by atoms with Crippen molar-refractivity contribution in [3.05, 3.63) is 148 Å². The molecular weight excluding hydrogens is 766 g/mol. The Morgan fingerprint density at radius 1 is 0.500 bits per heavy atom. The molecule has 3 aliphatic rings. The highest BCUT2D eigenvalue weighted by atomic mass is 32.1. The van der Waals surface area contributed by atoms with Crippen molar-refractivity contribution in [2.24, 2.45) is 0 Å². The Balaban J connectivity index is 1.40. The third-order valence-corrected chi connectivity index (χ3v) is 15.6. The molecule has 0 saturated heterocycles. The fourth-order valence-electron chi connectivity index (χ4n) is 8.90. The second kappa shape index (κ2) is 14.4. The summed E-state index contributed by atoms with van der Waals surface area (Å²) in [5.41, 5.74) is 15.2. The lowest BCUT2D eigenvalue weighted by atomic mass is 9.39. The molecule has 0 amide bonds. The molecule has 60 heavy (non-hydrogen) atoms. The molecule has 0 fully saturated rings. The first-order valence-corrected chi connectivity index (χ1v) is 23.4. The smallest absolute Gasteiger partial charge is 0.277 e. The average Bonchev–Trinajstić information content (AvgIpc) is 3.85. The first-order chi connectivity index (χ1) is 28.3. The predicted molar refractivity (Wildman–Crippen MR) is 266 cm³/mol. The number of allylic oxidation sites excluding steroid dienone is 3. The Labute approximate surface area is 368 Å². The van der Waals surface area contributed by atoms with Crippen LogP contribution in [0.2, 0.25) is 0 Å². The van der Waals surface area contributed by atoms with Gasteiger partial charge in [0.15, 0.2) is 0 Å². The minimum absolute atomic E-state index is 0.00179. The van der Waals surface area contributed by atoms with E-state index in [9.17, 15) is 0 Å². The Morgan fingerprint density at radius 2 is 0.967 bits per heavy atom. The molecule has 0 N–H and O–H groups in total. The molecule has 1 aliphatic carbocycles. The third-order valence-electron chi connectivity index (χ3n) is 12.3. The van der Waals surface area contributed by atoms with Gasteiger partial charge in [0.2, 0.25) is 0 Å². The lowest BCUT2D eigenvalue weighted by Gasteiger charge is -2.43. The van der Waals surface area contributed by atoms with Gasteiger partial charge in [-0.15, -0.1) is 0 Å². The standard InChI is InChI=1S/C54H60BN3S2/c1-51(2,3)35-23-27-39(28-24-35)57-42-31-41(56(37-19-15-13-16-20-37)38-21-17-14-18-22-38)32-43-48(42)55(49-44(57)33-46(59-49)53(7,8)9)50-45(34-47(60-50)54(10,11)12)58(43)40-29-25-36(26-30-40)52(4,5)6/h13,15-17,19-34H,14,18H2,1-12H3. The van der Waals surface area contributed by atoms with Gasteiger partial charge in [0.25, 0.3) is 6.71 Å². The van der Waals surface area contributed by atoms with Crippen molar-refractivity contribution >= 4 is 89.9 Å². The molecule has 306 valence electrons. The van der Waals surface area contributed by atoms with Crippen LogP contribution in [-0.4, -0.2) is 6.71 Å². The minimum Gasteiger partial charge on any atom is -0.311 e. The molecular formula is C54H60BN3S2. The van der Waals surface area contributed by atoms with Gasteiger partial charge in [0, 0.05) is 53.4 Å². The summed E-state index contributed by atoms with van der Waals surface area (Å²) in [5, 5.41) is 0. The van der Waals surface area contributed by atoms with Gasteiger partial charge in [-0.1, -0.05) is 138 Å². The molecule has 0 atom stereocenters. The van der Waals surface area contributed by atoms with Crippen LogP contribution in [0.1, 0.15) is 117 Å². The summed E-state index contributed by atoms with van der Waals surface area (Å²) in [4.78, 5) is 10.5. The van der Waals surface area contributed by atoms with Gasteiger partial charge < -0.3 is 14.7 Å². The fourth-order valence-corrected chi connectivity index (χ4v) is 11.6. The van der Waals surface area contributed by atoms with Gasteiger partial charge >= 0.3 is 0 Å². The van der Waals surface area contributed by atoms with E-state index in [2.05, 4.69) is 219 Å². The number of para-hydroxylation sites is 1. The lowest BCUT2D eigenvalue weighted by Crippen LogP contribution is -2.59. The van der Waals surface area contributed by atoms with E-state index in [-0.39, 0.29) is 28.4 Å². The Hall–Kier alpha value is -4.78. The van der Waals surface area contributed by atoms with Crippen LogP contribution in [0.4, 0.5) is 45.5 Å². The van der Waals surface area contributed by atoms with E-state index in [1.165, 1.54) is 75.7 Å². The van der Waals surface area contributed by atoms with Gasteiger partial charge in [-0.25, -0.2) is 0 Å². The van der Waals surface area contributed by atoms with Crippen molar-refractivity contribution in [1.29, 1.82) is 0 Å². The monoisotopic (exact) mass is 825 g/mol. The zero-order valence-electron chi connectivity index (χ0n) is 37.7. The summed E-state index contributed by atoms with van der Waals surface area (Å²) in [5.74, 6) is 0. The van der Waals surface area contributed by atoms with Crippen LogP contribution in [0.25, 0.3) is 0 Å². The number of anilines is 8. The molecule has 0 saturated carbocycles. The van der Waals surface area contributed by atoms with Gasteiger partial charge in [-0.3, -0.25) is 0 Å². The van der Waals surface area contributed by atoms with Crippen LogP contribution in [0.5, 0.6) is 0 Å². The molecule has 6 heteroatoms. The molecule has 2 aliphatic heterocycles. The van der Waals surface area contributed by atoms with Crippen LogP contribution in [-0.2, 0) is 21.7 Å². The number of nitrogens with zero attached hydrogens (tertiary/aromatic N) is 3. The number of hydrogen-bond donors (Lipinski definition) is 0. The summed E-state index contributed by atoms with van der Waals surface area (Å²) in [7, 11) is 0. The van der Waals surface area contributed by atoms with E-state index in [1.54, 1.807) is 0 Å². The molecule has 0 radical (unpaired) electrons. The van der Waals surface area contributed by atoms with Gasteiger partial charge in [0.1, 0.15) is 0 Å². The van der Waals surface area contributed by atoms with Crippen LogP contribution < -0.4 is 29.7 Å². The molecule has 6 aromatic rings. The molecule has 0 spiro atoms. The van der Waals surface area contributed by atoms with Crippen molar-refractivity contribution in [1.82, 2.24) is 0 Å². The highest BCUT2D eigenvalue weighted by molar-refractivity contribution is 7.36. The van der Waals surface area contributed by atoms with E-state index >= 15 is 0 Å². The van der Waals surface area contributed by atoms with E-state index in [4.69, 9.17) is 0 Å².